The van der Waals surface area contributed by atoms with Crippen LogP contribution in [0.5, 0.6) is 11.5 Å². The molecular weight excluding hydrogens is 531 g/mol. The van der Waals surface area contributed by atoms with Crippen molar-refractivity contribution in [2.75, 3.05) is 25.1 Å². The standard InChI is InChI=1S/C24H27F5N4O4Si/c1-38(2,3)7-6-35-13-33-10-16(24(27,28)29)20-19(4-5-30-22(20)33)37-21-17(25)8-14(9-18(21)26)31-23(34)32-15-11-36-12-15/h4-5,8-10,15H,6-7,11-13H2,1-3H3,(H2,31,32,34). The van der Waals surface area contributed by atoms with Crippen LogP contribution in [0.3, 0.4) is 0 Å². The van der Waals surface area contributed by atoms with Gasteiger partial charge in [-0.1, -0.05) is 19.6 Å². The Morgan fingerprint density at radius 3 is 2.47 bits per heavy atom. The first kappa shape index (κ1) is 27.8. The number of carbonyl (C=O) groups is 1. The molecule has 3 heterocycles. The van der Waals surface area contributed by atoms with Gasteiger partial charge in [-0.05, 0) is 12.1 Å². The molecule has 0 saturated carbocycles. The molecule has 0 atom stereocenters. The number of carbonyl (C=O) groups excluding carboxylic acids is 1. The molecule has 0 unspecified atom stereocenters. The minimum atomic E-state index is -4.80. The summed E-state index contributed by atoms with van der Waals surface area (Å²) in [5.74, 6) is -3.81. The maximum Gasteiger partial charge on any atom is 0.418 e. The molecule has 1 fully saturated rings. The number of ether oxygens (including phenoxy) is 3. The van der Waals surface area contributed by atoms with Gasteiger partial charge in [-0.15, -0.1) is 0 Å². The van der Waals surface area contributed by atoms with E-state index in [1.165, 1.54) is 10.8 Å². The molecule has 2 N–H and O–H groups in total. The molecule has 2 aromatic heterocycles. The van der Waals surface area contributed by atoms with Gasteiger partial charge in [0.2, 0.25) is 0 Å². The number of hydrogen-bond acceptors (Lipinski definition) is 5. The number of nitrogens with one attached hydrogen (secondary N) is 2. The van der Waals surface area contributed by atoms with Crippen molar-refractivity contribution in [3.8, 4) is 11.5 Å². The number of nitrogens with zero attached hydrogens (tertiary/aromatic N) is 2. The lowest BCUT2D eigenvalue weighted by Crippen LogP contribution is -2.49. The molecule has 0 aliphatic carbocycles. The molecule has 14 heteroatoms. The average Bonchev–Trinajstić information content (AvgIpc) is 3.16. The van der Waals surface area contributed by atoms with Crippen LogP contribution in [0.15, 0.2) is 30.6 Å². The van der Waals surface area contributed by atoms with E-state index in [9.17, 15) is 26.7 Å². The maximum atomic E-state index is 14.8. The van der Waals surface area contributed by atoms with Gasteiger partial charge in [0.25, 0.3) is 0 Å². The summed E-state index contributed by atoms with van der Waals surface area (Å²) in [6.07, 6.45) is -2.78. The molecular formula is C24H27F5N4O4Si. The van der Waals surface area contributed by atoms with Crippen molar-refractivity contribution in [1.82, 2.24) is 14.9 Å². The van der Waals surface area contributed by atoms with Crippen LogP contribution in [0.25, 0.3) is 11.0 Å². The Morgan fingerprint density at radius 1 is 1.21 bits per heavy atom. The number of benzene rings is 1. The Bertz CT molecular complexity index is 1300. The molecule has 0 spiro atoms. The first-order valence-electron chi connectivity index (χ1n) is 11.8. The van der Waals surface area contributed by atoms with Crippen molar-refractivity contribution < 1.29 is 41.0 Å². The Morgan fingerprint density at radius 2 is 1.89 bits per heavy atom. The summed E-state index contributed by atoms with van der Waals surface area (Å²) < 4.78 is 88.4. The predicted molar refractivity (Wildman–Crippen MR) is 132 cm³/mol. The van der Waals surface area contributed by atoms with Crippen molar-refractivity contribution in [1.29, 1.82) is 0 Å². The molecule has 4 rings (SSSR count). The van der Waals surface area contributed by atoms with Crippen LogP contribution in [0.2, 0.25) is 25.7 Å². The van der Waals surface area contributed by atoms with Crippen molar-refractivity contribution in [2.45, 2.75) is 44.6 Å². The van der Waals surface area contributed by atoms with Crippen molar-refractivity contribution in [3.63, 3.8) is 0 Å². The molecule has 38 heavy (non-hydrogen) atoms. The normalized spacial score (nSPS) is 14.4. The summed E-state index contributed by atoms with van der Waals surface area (Å²) >= 11 is 0. The van der Waals surface area contributed by atoms with E-state index in [1.807, 2.05) is 0 Å². The fourth-order valence-electron chi connectivity index (χ4n) is 3.64. The number of rotatable bonds is 9. The van der Waals surface area contributed by atoms with Gasteiger partial charge in [-0.25, -0.2) is 18.6 Å². The van der Waals surface area contributed by atoms with Gasteiger partial charge < -0.3 is 29.4 Å². The van der Waals surface area contributed by atoms with Crippen molar-refractivity contribution in [2.24, 2.45) is 0 Å². The summed E-state index contributed by atoms with van der Waals surface area (Å²) in [4.78, 5) is 16.0. The van der Waals surface area contributed by atoms with Gasteiger partial charge in [-0.3, -0.25) is 0 Å². The van der Waals surface area contributed by atoms with E-state index in [0.717, 1.165) is 30.4 Å². The van der Waals surface area contributed by atoms with Crippen LogP contribution in [-0.2, 0) is 22.4 Å². The first-order valence-corrected chi connectivity index (χ1v) is 15.5. The van der Waals surface area contributed by atoms with Crippen LogP contribution in [-0.4, -0.2) is 49.5 Å². The summed E-state index contributed by atoms with van der Waals surface area (Å²) in [6, 6.07) is 2.62. The Hall–Kier alpha value is -3.23. The van der Waals surface area contributed by atoms with E-state index in [4.69, 9.17) is 14.2 Å². The van der Waals surface area contributed by atoms with Gasteiger partial charge >= 0.3 is 12.2 Å². The molecule has 0 radical (unpaired) electrons. The molecule has 3 aromatic rings. The van der Waals surface area contributed by atoms with Crippen LogP contribution < -0.4 is 15.4 Å². The molecule has 1 aliphatic rings. The Kier molecular flexibility index (Phi) is 7.95. The zero-order chi connectivity index (χ0) is 27.7. The highest BCUT2D eigenvalue weighted by Gasteiger charge is 2.37. The number of aromatic nitrogens is 2. The lowest BCUT2D eigenvalue weighted by atomic mass is 10.2. The SMILES string of the molecule is C[Si](C)(C)CCOCn1cc(C(F)(F)F)c2c(Oc3c(F)cc(NC(=O)NC4COC4)cc3F)ccnc21. The van der Waals surface area contributed by atoms with Crippen LogP contribution in [0, 0.1) is 11.6 Å². The van der Waals surface area contributed by atoms with E-state index in [-0.39, 0.29) is 24.1 Å². The highest BCUT2D eigenvalue weighted by Crippen LogP contribution is 2.42. The maximum absolute atomic E-state index is 14.8. The molecule has 206 valence electrons. The topological polar surface area (TPSA) is 86.6 Å². The van der Waals surface area contributed by atoms with Crippen molar-refractivity contribution >= 4 is 30.8 Å². The monoisotopic (exact) mass is 558 g/mol. The summed E-state index contributed by atoms with van der Waals surface area (Å²) in [6.45, 7) is 7.28. The minimum absolute atomic E-state index is 0.112. The quantitative estimate of drug-likeness (QED) is 0.192. The summed E-state index contributed by atoms with van der Waals surface area (Å²) in [5.41, 5.74) is -1.40. The van der Waals surface area contributed by atoms with Gasteiger partial charge in [0.15, 0.2) is 17.4 Å². The summed E-state index contributed by atoms with van der Waals surface area (Å²) in [5, 5.41) is 4.38. The smallest absolute Gasteiger partial charge is 0.418 e. The zero-order valence-corrected chi connectivity index (χ0v) is 21.9. The number of hydrogen-bond donors (Lipinski definition) is 2. The number of fused-ring (bicyclic) bond motifs is 1. The van der Waals surface area contributed by atoms with Crippen LogP contribution in [0.4, 0.5) is 32.4 Å². The van der Waals surface area contributed by atoms with E-state index < -0.39 is 54.4 Å². The van der Waals surface area contributed by atoms with Gasteiger partial charge in [0, 0.05) is 44.9 Å². The largest absolute Gasteiger partial charge is 0.450 e. The fraction of sp³-hybridized carbons (Fsp3) is 0.417. The number of urea groups is 1. The number of alkyl halides is 3. The fourth-order valence-corrected chi connectivity index (χ4v) is 4.39. The van der Waals surface area contributed by atoms with Crippen molar-refractivity contribution in [3.05, 3.63) is 47.8 Å². The highest BCUT2D eigenvalue weighted by atomic mass is 28.3. The molecule has 1 aromatic carbocycles. The number of halogens is 5. The lowest BCUT2D eigenvalue weighted by Gasteiger charge is -2.26. The molecule has 2 amide bonds. The third-order valence-corrected chi connectivity index (χ3v) is 7.40. The number of pyridine rings is 1. The third kappa shape index (κ3) is 6.60. The lowest BCUT2D eigenvalue weighted by molar-refractivity contribution is -0.136. The highest BCUT2D eigenvalue weighted by molar-refractivity contribution is 6.76. The van der Waals surface area contributed by atoms with E-state index in [1.54, 1.807) is 0 Å². The Balaban J connectivity index is 1.59. The second-order valence-electron chi connectivity index (χ2n) is 10.1. The average molecular weight is 559 g/mol. The van der Waals surface area contributed by atoms with Gasteiger partial charge in [0.05, 0.1) is 30.2 Å². The number of amides is 2. The Labute approximate surface area is 216 Å². The molecule has 1 saturated heterocycles. The molecule has 0 bridgehead atoms. The minimum Gasteiger partial charge on any atom is -0.450 e. The van der Waals surface area contributed by atoms with E-state index >= 15 is 0 Å². The zero-order valence-electron chi connectivity index (χ0n) is 20.9. The van der Waals surface area contributed by atoms with Gasteiger partial charge in [0.1, 0.15) is 18.1 Å². The second kappa shape index (κ2) is 10.9. The second-order valence-corrected chi connectivity index (χ2v) is 15.7. The van der Waals surface area contributed by atoms with Gasteiger partial charge in [-0.2, -0.15) is 13.2 Å². The number of anilines is 1. The molecule has 8 nitrogen and oxygen atoms in total. The molecule has 1 aliphatic heterocycles. The van der Waals surface area contributed by atoms with E-state index in [2.05, 4.69) is 35.3 Å². The first-order chi connectivity index (χ1) is 17.8. The van der Waals surface area contributed by atoms with Crippen LogP contribution in [0.1, 0.15) is 5.56 Å². The van der Waals surface area contributed by atoms with Crippen LogP contribution >= 0.6 is 0 Å². The predicted octanol–water partition coefficient (Wildman–Crippen LogP) is 5.96. The van der Waals surface area contributed by atoms with E-state index in [0.29, 0.717) is 19.8 Å². The summed E-state index contributed by atoms with van der Waals surface area (Å²) in [7, 11) is -1.41. The third-order valence-electron chi connectivity index (χ3n) is 5.69.